The highest BCUT2D eigenvalue weighted by Gasteiger charge is 2.25. The molecule has 1 aliphatic rings. The molecule has 1 N–H and O–H groups in total. The van der Waals surface area contributed by atoms with Crippen LogP contribution >= 0.6 is 0 Å². The summed E-state index contributed by atoms with van der Waals surface area (Å²) >= 11 is 0. The van der Waals surface area contributed by atoms with E-state index < -0.39 is 0 Å². The van der Waals surface area contributed by atoms with E-state index in [1.54, 1.807) is 14.2 Å². The fourth-order valence-electron chi connectivity index (χ4n) is 3.88. The summed E-state index contributed by atoms with van der Waals surface area (Å²) in [5.41, 5.74) is 3.54. The Labute approximate surface area is 171 Å². The zero-order valence-corrected chi connectivity index (χ0v) is 17.4. The van der Waals surface area contributed by atoms with Crippen LogP contribution in [0.5, 0.6) is 17.4 Å². The van der Waals surface area contributed by atoms with Gasteiger partial charge in [-0.1, -0.05) is 0 Å². The van der Waals surface area contributed by atoms with Gasteiger partial charge in [-0.15, -0.1) is 0 Å². The molecular weight excluding hydrogens is 368 g/mol. The minimum atomic E-state index is 0.0709. The Hall–Kier alpha value is -2.80. The molecule has 0 unspecified atom stereocenters. The van der Waals surface area contributed by atoms with Crippen molar-refractivity contribution in [2.24, 2.45) is 5.92 Å². The summed E-state index contributed by atoms with van der Waals surface area (Å²) in [5.74, 6) is 2.46. The third-order valence-electron chi connectivity index (χ3n) is 5.64. The van der Waals surface area contributed by atoms with Crippen molar-refractivity contribution >= 4 is 11.0 Å². The number of benzene rings is 1. The molecule has 0 amide bonds. The highest BCUT2D eigenvalue weighted by Crippen LogP contribution is 2.35. The van der Waals surface area contributed by atoms with Crippen LogP contribution in [0.3, 0.4) is 0 Å². The zero-order valence-electron chi connectivity index (χ0n) is 17.4. The third-order valence-corrected chi connectivity index (χ3v) is 5.64. The van der Waals surface area contributed by atoms with Crippen molar-refractivity contribution in [1.82, 2.24) is 19.9 Å². The molecule has 29 heavy (non-hydrogen) atoms. The Bertz CT molecular complexity index is 995. The monoisotopic (exact) mass is 396 g/mol. The average molecular weight is 396 g/mol. The molecule has 1 saturated heterocycles. The van der Waals surface area contributed by atoms with Crippen LogP contribution < -0.4 is 19.5 Å². The van der Waals surface area contributed by atoms with Crippen molar-refractivity contribution in [2.75, 3.05) is 27.3 Å². The Morgan fingerprint density at radius 1 is 1.21 bits per heavy atom. The highest BCUT2D eigenvalue weighted by atomic mass is 16.5. The second-order valence-corrected chi connectivity index (χ2v) is 7.36. The van der Waals surface area contributed by atoms with Crippen LogP contribution in [0.1, 0.15) is 20.3 Å². The number of aromatic nitrogens is 3. The van der Waals surface area contributed by atoms with Gasteiger partial charge >= 0.3 is 0 Å². The molecule has 3 aromatic rings. The lowest BCUT2D eigenvalue weighted by atomic mass is 10.0. The normalized spacial score (nSPS) is 17.4. The molecule has 0 bridgehead atoms. The van der Waals surface area contributed by atoms with Gasteiger partial charge in [-0.2, -0.15) is 0 Å². The Morgan fingerprint density at radius 3 is 2.72 bits per heavy atom. The maximum absolute atomic E-state index is 6.41. The molecule has 2 aromatic heterocycles. The molecule has 1 aliphatic heterocycles. The molecule has 0 aliphatic carbocycles. The first-order valence-electron chi connectivity index (χ1n) is 10.1. The summed E-state index contributed by atoms with van der Waals surface area (Å²) in [6.07, 6.45) is 3.04. The molecule has 4 rings (SSSR count). The Morgan fingerprint density at radius 2 is 2.03 bits per heavy atom. The van der Waals surface area contributed by atoms with Crippen molar-refractivity contribution < 1.29 is 14.2 Å². The molecule has 3 heterocycles. The zero-order chi connectivity index (χ0) is 20.4. The van der Waals surface area contributed by atoms with Crippen molar-refractivity contribution in [1.29, 1.82) is 0 Å². The van der Waals surface area contributed by atoms with Gasteiger partial charge in [0, 0.05) is 24.6 Å². The van der Waals surface area contributed by atoms with Gasteiger partial charge in [-0.25, -0.2) is 9.97 Å². The van der Waals surface area contributed by atoms with Crippen molar-refractivity contribution in [2.45, 2.75) is 32.9 Å². The maximum Gasteiger partial charge on any atom is 0.241 e. The lowest BCUT2D eigenvalue weighted by molar-refractivity contribution is 0.156. The van der Waals surface area contributed by atoms with E-state index in [-0.39, 0.29) is 6.10 Å². The van der Waals surface area contributed by atoms with E-state index in [1.165, 1.54) is 0 Å². The van der Waals surface area contributed by atoms with Crippen LogP contribution in [0, 0.1) is 5.92 Å². The van der Waals surface area contributed by atoms with E-state index in [0.717, 1.165) is 48.3 Å². The number of hydrogen-bond donors (Lipinski definition) is 1. The van der Waals surface area contributed by atoms with Gasteiger partial charge in [0.25, 0.3) is 0 Å². The first-order chi connectivity index (χ1) is 14.1. The van der Waals surface area contributed by atoms with Gasteiger partial charge < -0.3 is 24.1 Å². The number of imidazole rings is 1. The van der Waals surface area contributed by atoms with E-state index in [9.17, 15) is 0 Å². The molecule has 0 spiro atoms. The van der Waals surface area contributed by atoms with Gasteiger partial charge in [0.1, 0.15) is 11.6 Å². The number of nitrogens with one attached hydrogen (secondary N) is 1. The van der Waals surface area contributed by atoms with E-state index >= 15 is 0 Å². The van der Waals surface area contributed by atoms with Crippen LogP contribution in [0.25, 0.3) is 22.3 Å². The summed E-state index contributed by atoms with van der Waals surface area (Å²) < 4.78 is 19.3. The number of nitrogens with zero attached hydrogens (tertiary/aromatic N) is 3. The fourth-order valence-corrected chi connectivity index (χ4v) is 3.88. The molecule has 0 radical (unpaired) electrons. The van der Waals surface area contributed by atoms with Crippen molar-refractivity contribution in [3.63, 3.8) is 0 Å². The van der Waals surface area contributed by atoms with Crippen LogP contribution in [0.4, 0.5) is 0 Å². The number of aryl methyl sites for hydroxylation is 1. The predicted octanol–water partition coefficient (Wildman–Crippen LogP) is 3.51. The molecule has 7 nitrogen and oxygen atoms in total. The molecule has 2 atom stereocenters. The maximum atomic E-state index is 6.41. The van der Waals surface area contributed by atoms with Gasteiger partial charge in [0.2, 0.25) is 5.88 Å². The van der Waals surface area contributed by atoms with Gasteiger partial charge in [0.05, 0.1) is 31.8 Å². The summed E-state index contributed by atoms with van der Waals surface area (Å²) in [4.78, 5) is 9.49. The number of pyridine rings is 1. The quantitative estimate of drug-likeness (QED) is 0.659. The first kappa shape index (κ1) is 19.5. The second kappa shape index (κ2) is 8.29. The topological polar surface area (TPSA) is 70.4 Å². The lowest BCUT2D eigenvalue weighted by Gasteiger charge is -2.21. The fraction of sp³-hybridized carbons (Fsp3) is 0.455. The summed E-state index contributed by atoms with van der Waals surface area (Å²) in [7, 11) is 3.26. The SMILES string of the molecule is CCn1cnc2cc(-c3ccc(OC)c(OC)c3)nc(O[C@H](C)[C@@H]3CCNC3)c21. The molecule has 154 valence electrons. The van der Waals surface area contributed by atoms with Crippen molar-refractivity contribution in [3.8, 4) is 28.6 Å². The average Bonchev–Trinajstić information content (AvgIpc) is 3.43. The summed E-state index contributed by atoms with van der Waals surface area (Å²) in [6.45, 7) is 7.05. The van der Waals surface area contributed by atoms with E-state index in [4.69, 9.17) is 19.2 Å². The van der Waals surface area contributed by atoms with Crippen LogP contribution in [0.15, 0.2) is 30.6 Å². The molecule has 7 heteroatoms. The second-order valence-electron chi connectivity index (χ2n) is 7.36. The Kier molecular flexibility index (Phi) is 5.58. The number of rotatable bonds is 7. The summed E-state index contributed by atoms with van der Waals surface area (Å²) in [5, 5.41) is 3.41. The molecule has 0 saturated carbocycles. The lowest BCUT2D eigenvalue weighted by Crippen LogP contribution is -2.26. The first-order valence-corrected chi connectivity index (χ1v) is 10.1. The minimum Gasteiger partial charge on any atom is -0.493 e. The number of ether oxygens (including phenoxy) is 3. The van der Waals surface area contributed by atoms with E-state index in [1.807, 2.05) is 30.6 Å². The van der Waals surface area contributed by atoms with Crippen molar-refractivity contribution in [3.05, 3.63) is 30.6 Å². The van der Waals surface area contributed by atoms with Crippen LogP contribution in [-0.4, -0.2) is 47.9 Å². The van der Waals surface area contributed by atoms with E-state index in [0.29, 0.717) is 23.3 Å². The molecule has 1 fully saturated rings. The molecular formula is C22H28N4O3. The minimum absolute atomic E-state index is 0.0709. The standard InChI is InChI=1S/C22H28N4O3/c1-5-26-13-24-18-11-17(15-6-7-19(27-3)20(10-15)28-4)25-22(21(18)26)29-14(2)16-8-9-23-12-16/h6-7,10-11,13-14,16,23H,5,8-9,12H2,1-4H3/t14-,16-/m1/s1. The Balaban J connectivity index is 1.78. The third kappa shape index (κ3) is 3.74. The number of hydrogen-bond acceptors (Lipinski definition) is 6. The van der Waals surface area contributed by atoms with Gasteiger partial charge in [-0.3, -0.25) is 0 Å². The largest absolute Gasteiger partial charge is 0.493 e. The summed E-state index contributed by atoms with van der Waals surface area (Å²) in [6, 6.07) is 7.79. The van der Waals surface area contributed by atoms with Gasteiger partial charge in [0.15, 0.2) is 11.5 Å². The molecule has 1 aromatic carbocycles. The number of methoxy groups -OCH3 is 2. The van der Waals surface area contributed by atoms with E-state index in [2.05, 4.69) is 28.7 Å². The highest BCUT2D eigenvalue weighted by molar-refractivity contribution is 5.85. The van der Waals surface area contributed by atoms with Gasteiger partial charge in [-0.05, 0) is 51.1 Å². The number of fused-ring (bicyclic) bond motifs is 1. The van der Waals surface area contributed by atoms with Crippen LogP contribution in [-0.2, 0) is 6.54 Å². The smallest absolute Gasteiger partial charge is 0.241 e. The van der Waals surface area contributed by atoms with Crippen LogP contribution in [0.2, 0.25) is 0 Å². The predicted molar refractivity (Wildman–Crippen MR) is 113 cm³/mol.